The molecule has 0 unspecified atom stereocenters. The average Bonchev–Trinajstić information content (AvgIpc) is 2.67. The molecule has 0 radical (unpaired) electrons. The lowest BCUT2D eigenvalue weighted by Gasteiger charge is -2.08. The number of carbonyl (C=O) groups is 1. The molecule has 0 saturated carbocycles. The summed E-state index contributed by atoms with van der Waals surface area (Å²) in [5.41, 5.74) is 5.40. The zero-order valence-electron chi connectivity index (χ0n) is 17.9. The van der Waals surface area contributed by atoms with E-state index in [1.807, 2.05) is 0 Å². The van der Waals surface area contributed by atoms with Crippen LogP contribution in [0.3, 0.4) is 0 Å². The van der Waals surface area contributed by atoms with Crippen LogP contribution in [0.4, 0.5) is 0 Å². The van der Waals surface area contributed by atoms with Crippen LogP contribution >= 0.6 is 0 Å². The van der Waals surface area contributed by atoms with Crippen LogP contribution in [0, 0.1) is 0 Å². The van der Waals surface area contributed by atoms with E-state index in [1.165, 1.54) is 57.8 Å². The minimum atomic E-state index is 0.164. The van der Waals surface area contributed by atoms with Gasteiger partial charge in [0.2, 0.25) is 5.91 Å². The maximum atomic E-state index is 11.8. The summed E-state index contributed by atoms with van der Waals surface area (Å²) < 4.78 is 0. The molecule has 0 heterocycles. The quantitative estimate of drug-likeness (QED) is 0.184. The fourth-order valence-corrected chi connectivity index (χ4v) is 2.96. The van der Waals surface area contributed by atoms with Crippen molar-refractivity contribution in [2.75, 3.05) is 52.4 Å². The van der Waals surface area contributed by atoms with Crippen molar-refractivity contribution in [1.82, 2.24) is 21.3 Å². The Morgan fingerprint density at radius 3 is 1.67 bits per heavy atom. The minimum Gasteiger partial charge on any atom is -0.356 e. The molecular formula is C21H47N5O. The predicted octanol–water partition coefficient (Wildman–Crippen LogP) is 2.14. The van der Waals surface area contributed by atoms with Crippen molar-refractivity contribution in [3.63, 3.8) is 0 Å². The second-order valence-electron chi connectivity index (χ2n) is 7.32. The predicted molar refractivity (Wildman–Crippen MR) is 117 cm³/mol. The average molecular weight is 386 g/mol. The van der Waals surface area contributed by atoms with Gasteiger partial charge in [0.15, 0.2) is 0 Å². The van der Waals surface area contributed by atoms with Crippen molar-refractivity contribution >= 4 is 5.91 Å². The molecule has 6 nitrogen and oxygen atoms in total. The second kappa shape index (κ2) is 23.3. The van der Waals surface area contributed by atoms with Crippen LogP contribution in [0.25, 0.3) is 0 Å². The lowest BCUT2D eigenvalue weighted by Crippen LogP contribution is -2.35. The molecule has 0 spiro atoms. The number of hydrogen-bond acceptors (Lipinski definition) is 5. The Morgan fingerprint density at radius 2 is 1.11 bits per heavy atom. The highest BCUT2D eigenvalue weighted by Crippen LogP contribution is 2.10. The molecule has 0 aliphatic carbocycles. The Kier molecular flexibility index (Phi) is 22.8. The summed E-state index contributed by atoms with van der Waals surface area (Å²) in [7, 11) is 0. The van der Waals surface area contributed by atoms with E-state index in [4.69, 9.17) is 5.73 Å². The van der Waals surface area contributed by atoms with Gasteiger partial charge in [-0.25, -0.2) is 0 Å². The summed E-state index contributed by atoms with van der Waals surface area (Å²) in [6.07, 6.45) is 13.9. The van der Waals surface area contributed by atoms with Crippen molar-refractivity contribution in [3.8, 4) is 0 Å². The highest BCUT2D eigenvalue weighted by molar-refractivity contribution is 5.75. The lowest BCUT2D eigenvalue weighted by atomic mass is 10.1. The Bertz CT molecular complexity index is 302. The van der Waals surface area contributed by atoms with Crippen LogP contribution in [0.5, 0.6) is 0 Å². The fourth-order valence-electron chi connectivity index (χ4n) is 2.96. The van der Waals surface area contributed by atoms with Gasteiger partial charge in [-0.05, 0) is 6.42 Å². The van der Waals surface area contributed by atoms with Crippen LogP contribution in [0.15, 0.2) is 0 Å². The SMILES string of the molecule is CCCCCCCCCCCCNC(=O)CCNCCNCCNCCN. The third kappa shape index (κ3) is 23.3. The highest BCUT2D eigenvalue weighted by atomic mass is 16.1. The zero-order valence-corrected chi connectivity index (χ0v) is 17.9. The first-order valence-corrected chi connectivity index (χ1v) is 11.4. The van der Waals surface area contributed by atoms with Gasteiger partial charge < -0.3 is 27.0 Å². The van der Waals surface area contributed by atoms with E-state index in [1.54, 1.807) is 0 Å². The summed E-state index contributed by atoms with van der Waals surface area (Å²) >= 11 is 0. The van der Waals surface area contributed by atoms with Crippen molar-refractivity contribution in [1.29, 1.82) is 0 Å². The van der Waals surface area contributed by atoms with Gasteiger partial charge in [0.25, 0.3) is 0 Å². The molecule has 0 fully saturated rings. The molecule has 0 aliphatic rings. The molecule has 0 atom stereocenters. The summed E-state index contributed by atoms with van der Waals surface area (Å²) in [4.78, 5) is 11.8. The summed E-state index contributed by atoms with van der Waals surface area (Å²) in [6, 6.07) is 0. The van der Waals surface area contributed by atoms with Gasteiger partial charge in [-0.3, -0.25) is 4.79 Å². The van der Waals surface area contributed by atoms with Gasteiger partial charge >= 0.3 is 0 Å². The van der Waals surface area contributed by atoms with Gasteiger partial charge in [-0.2, -0.15) is 0 Å². The Hall–Kier alpha value is -0.690. The van der Waals surface area contributed by atoms with E-state index in [0.29, 0.717) is 13.0 Å². The van der Waals surface area contributed by atoms with E-state index in [2.05, 4.69) is 28.2 Å². The summed E-state index contributed by atoms with van der Waals surface area (Å²) in [5.74, 6) is 0.164. The van der Waals surface area contributed by atoms with Crippen LogP contribution < -0.4 is 27.0 Å². The standard InChI is InChI=1S/C21H47N5O/c1-2-3-4-5-6-7-8-9-10-11-14-26-21(27)12-15-23-17-19-25-20-18-24-16-13-22/h23-25H,2-20,22H2,1H3,(H,26,27). The number of nitrogens with two attached hydrogens (primary N) is 1. The fraction of sp³-hybridized carbons (Fsp3) is 0.952. The maximum absolute atomic E-state index is 11.8. The Labute approximate surface area is 168 Å². The van der Waals surface area contributed by atoms with Crippen molar-refractivity contribution in [2.45, 2.75) is 77.6 Å². The van der Waals surface area contributed by atoms with E-state index in [0.717, 1.165) is 52.2 Å². The topological polar surface area (TPSA) is 91.2 Å². The third-order valence-electron chi connectivity index (χ3n) is 4.66. The molecule has 162 valence electrons. The normalized spacial score (nSPS) is 11.0. The Morgan fingerprint density at radius 1 is 0.630 bits per heavy atom. The minimum absolute atomic E-state index is 0.164. The van der Waals surface area contributed by atoms with E-state index < -0.39 is 0 Å². The molecule has 0 rings (SSSR count). The van der Waals surface area contributed by atoms with Crippen molar-refractivity contribution in [3.05, 3.63) is 0 Å². The molecule has 0 aromatic carbocycles. The number of rotatable bonds is 22. The van der Waals surface area contributed by atoms with Gasteiger partial charge in [0.1, 0.15) is 0 Å². The molecule has 0 saturated heterocycles. The molecule has 0 bridgehead atoms. The zero-order chi connectivity index (χ0) is 19.8. The largest absolute Gasteiger partial charge is 0.356 e. The number of amides is 1. The van der Waals surface area contributed by atoms with E-state index in [-0.39, 0.29) is 5.91 Å². The summed E-state index contributed by atoms with van der Waals surface area (Å²) in [5, 5.41) is 12.9. The molecule has 27 heavy (non-hydrogen) atoms. The van der Waals surface area contributed by atoms with Gasteiger partial charge in [-0.15, -0.1) is 0 Å². The monoisotopic (exact) mass is 385 g/mol. The number of nitrogens with one attached hydrogen (secondary N) is 4. The van der Waals surface area contributed by atoms with Gasteiger partial charge in [0.05, 0.1) is 0 Å². The Balaban J connectivity index is 3.13. The first-order chi connectivity index (χ1) is 13.3. The van der Waals surface area contributed by atoms with E-state index >= 15 is 0 Å². The van der Waals surface area contributed by atoms with Crippen LogP contribution in [0.2, 0.25) is 0 Å². The smallest absolute Gasteiger partial charge is 0.221 e. The molecule has 0 aromatic heterocycles. The number of unbranched alkanes of at least 4 members (excludes halogenated alkanes) is 9. The van der Waals surface area contributed by atoms with Gasteiger partial charge in [-0.1, -0.05) is 64.7 Å². The van der Waals surface area contributed by atoms with Gasteiger partial charge in [0, 0.05) is 58.8 Å². The molecule has 6 N–H and O–H groups in total. The van der Waals surface area contributed by atoms with Crippen LogP contribution in [0.1, 0.15) is 77.6 Å². The van der Waals surface area contributed by atoms with Crippen molar-refractivity contribution in [2.24, 2.45) is 5.73 Å². The van der Waals surface area contributed by atoms with E-state index in [9.17, 15) is 4.79 Å². The highest BCUT2D eigenvalue weighted by Gasteiger charge is 2.00. The van der Waals surface area contributed by atoms with Crippen molar-refractivity contribution < 1.29 is 4.79 Å². The molecule has 1 amide bonds. The molecule has 6 heteroatoms. The number of carbonyl (C=O) groups excluding carboxylic acids is 1. The molecular weight excluding hydrogens is 338 g/mol. The molecule has 0 aromatic rings. The second-order valence-corrected chi connectivity index (χ2v) is 7.32. The number of hydrogen-bond donors (Lipinski definition) is 5. The van der Waals surface area contributed by atoms with Crippen LogP contribution in [-0.4, -0.2) is 58.3 Å². The lowest BCUT2D eigenvalue weighted by molar-refractivity contribution is -0.121. The summed E-state index contributed by atoms with van der Waals surface area (Å²) in [6.45, 7) is 9.09. The van der Waals surface area contributed by atoms with Crippen LogP contribution in [-0.2, 0) is 4.79 Å². The first-order valence-electron chi connectivity index (χ1n) is 11.4. The maximum Gasteiger partial charge on any atom is 0.221 e. The molecule has 0 aliphatic heterocycles. The third-order valence-corrected chi connectivity index (χ3v) is 4.66. The first kappa shape index (κ1) is 26.3.